The summed E-state index contributed by atoms with van der Waals surface area (Å²) < 4.78 is 5.49. The molecule has 2 rings (SSSR count). The van der Waals surface area contributed by atoms with Crippen molar-refractivity contribution in [1.82, 2.24) is 5.32 Å². The summed E-state index contributed by atoms with van der Waals surface area (Å²) in [5.74, 6) is -0.345. The summed E-state index contributed by atoms with van der Waals surface area (Å²) in [6, 6.07) is 7.59. The molecule has 1 fully saturated rings. The summed E-state index contributed by atoms with van der Waals surface area (Å²) in [4.78, 5) is 23.4. The molecule has 120 valence electrons. The third-order valence-corrected chi connectivity index (χ3v) is 4.14. The van der Waals surface area contributed by atoms with Crippen molar-refractivity contribution in [2.24, 2.45) is 0 Å². The van der Waals surface area contributed by atoms with Crippen LogP contribution >= 0.6 is 0 Å². The molecular weight excluding hydrogens is 282 g/mol. The van der Waals surface area contributed by atoms with Crippen LogP contribution < -0.4 is 10.1 Å². The Labute approximate surface area is 130 Å². The van der Waals surface area contributed by atoms with E-state index in [-0.39, 0.29) is 12.5 Å². The average molecular weight is 305 g/mol. The Morgan fingerprint density at radius 1 is 1.32 bits per heavy atom. The lowest BCUT2D eigenvalue weighted by molar-refractivity contribution is -0.147. The van der Waals surface area contributed by atoms with Crippen LogP contribution in [0.5, 0.6) is 5.75 Å². The van der Waals surface area contributed by atoms with Crippen LogP contribution in [0.25, 0.3) is 0 Å². The first-order valence-electron chi connectivity index (χ1n) is 7.70. The fraction of sp³-hybridized carbons (Fsp3) is 0.529. The molecule has 1 aliphatic rings. The van der Waals surface area contributed by atoms with Gasteiger partial charge in [-0.3, -0.25) is 4.79 Å². The van der Waals surface area contributed by atoms with Gasteiger partial charge in [-0.25, -0.2) is 4.79 Å². The molecule has 5 nitrogen and oxygen atoms in total. The fourth-order valence-electron chi connectivity index (χ4n) is 2.79. The summed E-state index contributed by atoms with van der Waals surface area (Å²) in [6.45, 7) is 4.00. The maximum atomic E-state index is 12.0. The van der Waals surface area contributed by atoms with Crippen molar-refractivity contribution in [3.05, 3.63) is 29.8 Å². The second kappa shape index (κ2) is 6.81. The highest BCUT2D eigenvalue weighted by molar-refractivity contribution is 5.87. The largest absolute Gasteiger partial charge is 0.484 e. The van der Waals surface area contributed by atoms with Gasteiger partial charge in [0.25, 0.3) is 5.91 Å². The number of aliphatic carboxylic acids is 1. The van der Waals surface area contributed by atoms with E-state index in [2.05, 4.69) is 19.2 Å². The molecule has 0 heterocycles. The van der Waals surface area contributed by atoms with Gasteiger partial charge in [0.15, 0.2) is 6.61 Å². The number of hydrogen-bond acceptors (Lipinski definition) is 3. The van der Waals surface area contributed by atoms with Crippen LogP contribution in [0, 0.1) is 0 Å². The molecule has 0 aromatic heterocycles. The number of rotatable bonds is 6. The monoisotopic (exact) mass is 305 g/mol. The van der Waals surface area contributed by atoms with E-state index in [0.717, 1.165) is 18.4 Å². The topological polar surface area (TPSA) is 75.6 Å². The molecular formula is C17H23NO4. The zero-order valence-corrected chi connectivity index (χ0v) is 13.1. The first kappa shape index (κ1) is 16.3. The molecule has 2 N–H and O–H groups in total. The van der Waals surface area contributed by atoms with Gasteiger partial charge in [-0.1, -0.05) is 38.8 Å². The number of hydrogen-bond donors (Lipinski definition) is 2. The van der Waals surface area contributed by atoms with Gasteiger partial charge in [-0.05, 0) is 36.5 Å². The molecule has 22 heavy (non-hydrogen) atoms. The maximum absolute atomic E-state index is 12.0. The van der Waals surface area contributed by atoms with E-state index in [1.807, 2.05) is 18.2 Å². The second-order valence-corrected chi connectivity index (χ2v) is 6.16. The van der Waals surface area contributed by atoms with Gasteiger partial charge >= 0.3 is 5.97 Å². The highest BCUT2D eigenvalue weighted by Gasteiger charge is 2.42. The minimum Gasteiger partial charge on any atom is -0.484 e. The van der Waals surface area contributed by atoms with E-state index in [4.69, 9.17) is 4.74 Å². The minimum atomic E-state index is -1.11. The third kappa shape index (κ3) is 3.78. The van der Waals surface area contributed by atoms with Crippen molar-refractivity contribution in [2.45, 2.75) is 51.0 Å². The van der Waals surface area contributed by atoms with Crippen molar-refractivity contribution >= 4 is 11.9 Å². The van der Waals surface area contributed by atoms with E-state index >= 15 is 0 Å². The summed E-state index contributed by atoms with van der Waals surface area (Å²) in [5.41, 5.74) is 0.0240. The van der Waals surface area contributed by atoms with E-state index in [1.54, 1.807) is 6.07 Å². The molecule has 0 atom stereocenters. The van der Waals surface area contributed by atoms with Crippen LogP contribution in [-0.4, -0.2) is 29.1 Å². The Kier molecular flexibility index (Phi) is 5.06. The van der Waals surface area contributed by atoms with Crippen molar-refractivity contribution in [3.63, 3.8) is 0 Å². The van der Waals surface area contributed by atoms with Gasteiger partial charge in [0.05, 0.1) is 0 Å². The number of carboxylic acids is 1. The zero-order chi connectivity index (χ0) is 16.2. The summed E-state index contributed by atoms with van der Waals surface area (Å²) in [6.07, 6.45) is 2.61. The number of amides is 1. The van der Waals surface area contributed by atoms with Crippen LogP contribution in [-0.2, 0) is 9.59 Å². The summed E-state index contributed by atoms with van der Waals surface area (Å²) in [5, 5.41) is 12.0. The number of ether oxygens (including phenoxy) is 1. The summed E-state index contributed by atoms with van der Waals surface area (Å²) in [7, 11) is 0. The van der Waals surface area contributed by atoms with Crippen LogP contribution in [0.1, 0.15) is 51.0 Å². The first-order valence-corrected chi connectivity index (χ1v) is 7.70. The molecule has 1 aromatic carbocycles. The summed E-state index contributed by atoms with van der Waals surface area (Å²) >= 11 is 0. The number of nitrogens with one attached hydrogen (secondary N) is 1. The molecule has 1 aromatic rings. The van der Waals surface area contributed by atoms with Crippen LogP contribution in [0.2, 0.25) is 0 Å². The predicted octanol–water partition coefficient (Wildman–Crippen LogP) is 2.70. The van der Waals surface area contributed by atoms with Crippen molar-refractivity contribution < 1.29 is 19.4 Å². The Balaban J connectivity index is 1.92. The van der Waals surface area contributed by atoms with Gasteiger partial charge < -0.3 is 15.2 Å². The second-order valence-electron chi connectivity index (χ2n) is 6.16. The third-order valence-electron chi connectivity index (χ3n) is 4.14. The molecule has 0 bridgehead atoms. The minimum absolute atomic E-state index is 0.170. The van der Waals surface area contributed by atoms with Gasteiger partial charge in [0.1, 0.15) is 11.3 Å². The van der Waals surface area contributed by atoms with Gasteiger partial charge in [-0.15, -0.1) is 0 Å². The van der Waals surface area contributed by atoms with Crippen molar-refractivity contribution in [1.29, 1.82) is 0 Å². The first-order chi connectivity index (χ1) is 10.4. The molecule has 1 amide bonds. The van der Waals surface area contributed by atoms with E-state index in [1.165, 1.54) is 0 Å². The van der Waals surface area contributed by atoms with E-state index in [0.29, 0.717) is 24.5 Å². The molecule has 1 aliphatic carbocycles. The fourth-order valence-corrected chi connectivity index (χ4v) is 2.79. The van der Waals surface area contributed by atoms with E-state index in [9.17, 15) is 14.7 Å². The Bertz CT molecular complexity index is 547. The van der Waals surface area contributed by atoms with Crippen LogP contribution in [0.15, 0.2) is 24.3 Å². The number of benzene rings is 1. The number of carboxylic acid groups (broad SMARTS) is 1. The highest BCUT2D eigenvalue weighted by atomic mass is 16.5. The van der Waals surface area contributed by atoms with Gasteiger partial charge in [0, 0.05) is 0 Å². The zero-order valence-electron chi connectivity index (χ0n) is 13.1. The van der Waals surface area contributed by atoms with Gasteiger partial charge in [0.2, 0.25) is 0 Å². The number of carbonyl (C=O) groups excluding carboxylic acids is 1. The Morgan fingerprint density at radius 3 is 2.59 bits per heavy atom. The Hall–Kier alpha value is -2.04. The van der Waals surface area contributed by atoms with Crippen LogP contribution in [0.3, 0.4) is 0 Å². The predicted molar refractivity (Wildman–Crippen MR) is 83.0 cm³/mol. The number of carbonyl (C=O) groups is 2. The Morgan fingerprint density at radius 2 is 2.00 bits per heavy atom. The molecule has 0 unspecified atom stereocenters. The SMILES string of the molecule is CC(C)c1cccc(OCC(=O)NC2(C(=O)O)CCCC2)c1. The lowest BCUT2D eigenvalue weighted by atomic mass is 9.98. The molecule has 0 radical (unpaired) electrons. The molecule has 5 heteroatoms. The molecule has 1 saturated carbocycles. The van der Waals surface area contributed by atoms with Crippen molar-refractivity contribution in [3.8, 4) is 5.75 Å². The smallest absolute Gasteiger partial charge is 0.329 e. The average Bonchev–Trinajstić information content (AvgIpc) is 2.95. The highest BCUT2D eigenvalue weighted by Crippen LogP contribution is 2.29. The molecule has 0 spiro atoms. The lowest BCUT2D eigenvalue weighted by Gasteiger charge is -2.25. The maximum Gasteiger partial charge on any atom is 0.329 e. The van der Waals surface area contributed by atoms with E-state index < -0.39 is 11.5 Å². The standard InChI is InChI=1S/C17H23NO4/c1-12(2)13-6-5-7-14(10-13)22-11-15(19)18-17(16(20)21)8-3-4-9-17/h5-7,10,12H,3-4,8-9,11H2,1-2H3,(H,18,19)(H,20,21). The van der Waals surface area contributed by atoms with Crippen molar-refractivity contribution in [2.75, 3.05) is 6.61 Å². The quantitative estimate of drug-likeness (QED) is 0.847. The normalized spacial score (nSPS) is 16.5. The molecule has 0 saturated heterocycles. The lowest BCUT2D eigenvalue weighted by Crippen LogP contribution is -2.53. The van der Waals surface area contributed by atoms with Crippen LogP contribution in [0.4, 0.5) is 0 Å². The molecule has 0 aliphatic heterocycles. The van der Waals surface area contributed by atoms with Gasteiger partial charge in [-0.2, -0.15) is 0 Å².